The number of aromatic nitrogens is 8. The normalized spacial score (nSPS) is 11.1. The van der Waals surface area contributed by atoms with Gasteiger partial charge in [-0.05, 0) is 53.2 Å². The molecule has 0 radical (unpaired) electrons. The first-order chi connectivity index (χ1) is 14.3. The monoisotopic (exact) mass is 426 g/mol. The molecule has 3 aromatic heterocycles. The van der Waals surface area contributed by atoms with Crippen LogP contribution >= 0.6 is 23.4 Å². The van der Waals surface area contributed by atoms with Gasteiger partial charge in [-0.15, -0.1) is 15.3 Å². The van der Waals surface area contributed by atoms with Gasteiger partial charge in [-0.2, -0.15) is 0 Å². The number of unbranched alkanes of at least 4 members (excludes halogenated alkanes) is 1. The van der Waals surface area contributed by atoms with Crippen LogP contribution < -0.4 is 0 Å². The summed E-state index contributed by atoms with van der Waals surface area (Å²) >= 11 is 7.62. The van der Waals surface area contributed by atoms with Gasteiger partial charge in [-0.3, -0.25) is 9.55 Å². The predicted octanol–water partition coefficient (Wildman–Crippen LogP) is 4.06. The van der Waals surface area contributed by atoms with Gasteiger partial charge in [0.15, 0.2) is 16.8 Å². The van der Waals surface area contributed by atoms with Crippen LogP contribution in [0.4, 0.5) is 0 Å². The van der Waals surface area contributed by atoms with Gasteiger partial charge in [0.2, 0.25) is 0 Å². The lowest BCUT2D eigenvalue weighted by Crippen LogP contribution is -2.05. The van der Waals surface area contributed by atoms with E-state index in [1.807, 2.05) is 45.6 Å². The van der Waals surface area contributed by atoms with Crippen LogP contribution in [0, 0.1) is 0 Å². The minimum atomic E-state index is 0.596. The summed E-state index contributed by atoms with van der Waals surface area (Å²) in [5.74, 6) is 2.15. The lowest BCUT2D eigenvalue weighted by atomic mass is 10.2. The fraction of sp³-hybridized carbons (Fsp3) is 0.263. The van der Waals surface area contributed by atoms with E-state index < -0.39 is 0 Å². The summed E-state index contributed by atoms with van der Waals surface area (Å²) in [4.78, 5) is 4.09. The summed E-state index contributed by atoms with van der Waals surface area (Å²) in [7, 11) is 0. The average Bonchev–Trinajstić information content (AvgIpc) is 3.38. The maximum Gasteiger partial charge on any atom is 0.196 e. The second kappa shape index (κ2) is 9.15. The van der Waals surface area contributed by atoms with Crippen molar-refractivity contribution in [3.8, 4) is 17.1 Å². The molecule has 0 N–H and O–H groups in total. The van der Waals surface area contributed by atoms with Crippen molar-refractivity contribution in [1.29, 1.82) is 0 Å². The predicted molar refractivity (Wildman–Crippen MR) is 112 cm³/mol. The number of pyridine rings is 1. The van der Waals surface area contributed by atoms with Crippen LogP contribution in [0.5, 0.6) is 0 Å². The molecule has 10 heteroatoms. The Bertz CT molecular complexity index is 1060. The molecule has 0 saturated heterocycles. The van der Waals surface area contributed by atoms with E-state index in [9.17, 15) is 0 Å². The Morgan fingerprint density at radius 3 is 2.55 bits per heavy atom. The molecule has 0 aliphatic rings. The average molecular weight is 427 g/mol. The van der Waals surface area contributed by atoms with E-state index in [1.54, 1.807) is 24.2 Å². The number of rotatable bonds is 8. The number of tetrazole rings is 1. The Labute approximate surface area is 177 Å². The molecule has 0 aliphatic heterocycles. The highest BCUT2D eigenvalue weighted by molar-refractivity contribution is 7.98. The third-order valence-corrected chi connectivity index (χ3v) is 5.49. The van der Waals surface area contributed by atoms with Crippen molar-refractivity contribution in [1.82, 2.24) is 40.0 Å². The van der Waals surface area contributed by atoms with Crippen LogP contribution in [0.1, 0.15) is 25.6 Å². The molecule has 0 bridgehead atoms. The molecule has 4 aromatic rings. The molecular formula is C19H19ClN8S. The minimum absolute atomic E-state index is 0.596. The van der Waals surface area contributed by atoms with Crippen molar-refractivity contribution in [2.24, 2.45) is 0 Å². The van der Waals surface area contributed by atoms with Gasteiger partial charge >= 0.3 is 0 Å². The van der Waals surface area contributed by atoms with Crippen LogP contribution in [0.3, 0.4) is 0 Å². The smallest absolute Gasteiger partial charge is 0.196 e. The van der Waals surface area contributed by atoms with Crippen molar-refractivity contribution < 1.29 is 0 Å². The van der Waals surface area contributed by atoms with Crippen molar-refractivity contribution in [3.05, 3.63) is 59.6 Å². The zero-order valence-electron chi connectivity index (χ0n) is 15.8. The molecule has 148 valence electrons. The van der Waals surface area contributed by atoms with E-state index in [0.717, 1.165) is 47.4 Å². The Kier molecular flexibility index (Phi) is 6.16. The van der Waals surface area contributed by atoms with Gasteiger partial charge in [0, 0.05) is 35.2 Å². The van der Waals surface area contributed by atoms with Gasteiger partial charge in [-0.1, -0.05) is 36.7 Å². The molecule has 4 rings (SSSR count). The van der Waals surface area contributed by atoms with Crippen molar-refractivity contribution in [2.75, 3.05) is 0 Å². The number of nitrogens with zero attached hydrogens (tertiary/aromatic N) is 8. The third-order valence-electron chi connectivity index (χ3n) is 4.32. The SMILES string of the molecule is CCCCn1nnnc1CSc1nnc(-c2ccncc2)n1-c1ccc(Cl)cc1. The molecular weight excluding hydrogens is 408 g/mol. The summed E-state index contributed by atoms with van der Waals surface area (Å²) in [5, 5.41) is 22.4. The van der Waals surface area contributed by atoms with Crippen molar-refractivity contribution >= 4 is 23.4 Å². The van der Waals surface area contributed by atoms with Gasteiger partial charge in [0.05, 0.1) is 5.75 Å². The first-order valence-corrected chi connectivity index (χ1v) is 10.6. The zero-order valence-corrected chi connectivity index (χ0v) is 17.4. The molecule has 0 spiro atoms. The van der Waals surface area contributed by atoms with Crippen LogP contribution in [-0.4, -0.2) is 40.0 Å². The molecule has 29 heavy (non-hydrogen) atoms. The van der Waals surface area contributed by atoms with Crippen molar-refractivity contribution in [3.63, 3.8) is 0 Å². The first kappa shape index (κ1) is 19.5. The quantitative estimate of drug-likeness (QED) is 0.392. The zero-order chi connectivity index (χ0) is 20.1. The van der Waals surface area contributed by atoms with Gasteiger partial charge in [0.25, 0.3) is 0 Å². The van der Waals surface area contributed by atoms with Crippen LogP contribution in [0.15, 0.2) is 53.9 Å². The molecule has 0 atom stereocenters. The highest BCUT2D eigenvalue weighted by Crippen LogP contribution is 2.29. The number of benzene rings is 1. The topological polar surface area (TPSA) is 87.2 Å². The molecule has 1 aromatic carbocycles. The molecule has 0 aliphatic carbocycles. The number of hydrogen-bond donors (Lipinski definition) is 0. The summed E-state index contributed by atoms with van der Waals surface area (Å²) in [6.07, 6.45) is 5.61. The van der Waals surface area contributed by atoms with Gasteiger partial charge < -0.3 is 0 Å². The minimum Gasteiger partial charge on any atom is -0.270 e. The number of hydrogen-bond acceptors (Lipinski definition) is 7. The summed E-state index contributed by atoms with van der Waals surface area (Å²) in [6.45, 7) is 2.96. The van der Waals surface area contributed by atoms with E-state index in [-0.39, 0.29) is 0 Å². The van der Waals surface area contributed by atoms with Crippen LogP contribution in [-0.2, 0) is 12.3 Å². The molecule has 0 fully saturated rings. The fourth-order valence-electron chi connectivity index (χ4n) is 2.81. The largest absolute Gasteiger partial charge is 0.270 e. The summed E-state index contributed by atoms with van der Waals surface area (Å²) in [6, 6.07) is 11.4. The fourth-order valence-corrected chi connectivity index (χ4v) is 3.82. The van der Waals surface area contributed by atoms with E-state index in [0.29, 0.717) is 10.8 Å². The van der Waals surface area contributed by atoms with E-state index in [1.165, 1.54) is 0 Å². The Morgan fingerprint density at radius 1 is 1.00 bits per heavy atom. The van der Waals surface area contributed by atoms with Gasteiger partial charge in [0.1, 0.15) is 0 Å². The third kappa shape index (κ3) is 4.46. The van der Waals surface area contributed by atoms with Crippen LogP contribution in [0.2, 0.25) is 5.02 Å². The molecule has 0 amide bonds. The highest BCUT2D eigenvalue weighted by atomic mass is 35.5. The second-order valence-corrected chi connectivity index (χ2v) is 7.69. The lowest BCUT2D eigenvalue weighted by molar-refractivity contribution is 0.540. The Hall–Kier alpha value is -2.78. The first-order valence-electron chi connectivity index (χ1n) is 9.26. The Morgan fingerprint density at radius 2 is 1.79 bits per heavy atom. The Balaban J connectivity index is 1.66. The highest BCUT2D eigenvalue weighted by Gasteiger charge is 2.17. The second-order valence-electron chi connectivity index (χ2n) is 6.31. The number of thioether (sulfide) groups is 1. The maximum atomic E-state index is 6.08. The summed E-state index contributed by atoms with van der Waals surface area (Å²) in [5.41, 5.74) is 1.86. The van der Waals surface area contributed by atoms with Crippen LogP contribution in [0.25, 0.3) is 17.1 Å². The van der Waals surface area contributed by atoms with E-state index in [4.69, 9.17) is 11.6 Å². The molecule has 8 nitrogen and oxygen atoms in total. The molecule has 0 saturated carbocycles. The van der Waals surface area contributed by atoms with Gasteiger partial charge in [-0.25, -0.2) is 4.68 Å². The number of aryl methyl sites for hydroxylation is 1. The molecule has 0 unspecified atom stereocenters. The summed E-state index contributed by atoms with van der Waals surface area (Å²) < 4.78 is 3.86. The lowest BCUT2D eigenvalue weighted by Gasteiger charge is -2.10. The standard InChI is InChI=1S/C19H19ClN8S/c1-2-3-12-27-17(22-25-26-27)13-29-19-24-23-18(14-8-10-21-11-9-14)28(19)16-6-4-15(20)5-7-16/h4-11H,2-3,12-13H2,1H3. The van der Waals surface area contributed by atoms with E-state index in [2.05, 4.69) is 37.6 Å². The van der Waals surface area contributed by atoms with E-state index >= 15 is 0 Å². The number of halogens is 1. The van der Waals surface area contributed by atoms with Crippen molar-refractivity contribution in [2.45, 2.75) is 37.2 Å². The maximum absolute atomic E-state index is 6.08. The molecule has 3 heterocycles.